The zero-order chi connectivity index (χ0) is 25.3. The van der Waals surface area contributed by atoms with E-state index in [0.29, 0.717) is 13.2 Å². The van der Waals surface area contributed by atoms with Gasteiger partial charge in [0.1, 0.15) is 5.75 Å². The van der Waals surface area contributed by atoms with Gasteiger partial charge in [-0.1, -0.05) is 37.1 Å². The van der Waals surface area contributed by atoms with Gasteiger partial charge in [0.15, 0.2) is 0 Å². The Hall–Kier alpha value is -2.57. The Bertz CT molecular complexity index is 987. The van der Waals surface area contributed by atoms with Crippen molar-refractivity contribution in [2.24, 2.45) is 0 Å². The predicted molar refractivity (Wildman–Crippen MR) is 148 cm³/mol. The van der Waals surface area contributed by atoms with Crippen molar-refractivity contribution in [3.05, 3.63) is 59.2 Å². The highest BCUT2D eigenvalue weighted by molar-refractivity contribution is 5.81. The van der Waals surface area contributed by atoms with Crippen LogP contribution in [0.4, 0.5) is 5.69 Å². The van der Waals surface area contributed by atoms with E-state index in [-0.39, 0.29) is 11.9 Å². The van der Waals surface area contributed by atoms with Crippen molar-refractivity contribution in [1.82, 2.24) is 15.1 Å². The first-order valence-corrected chi connectivity index (χ1v) is 13.7. The van der Waals surface area contributed by atoms with E-state index in [2.05, 4.69) is 77.3 Å². The van der Waals surface area contributed by atoms with Crippen LogP contribution in [-0.4, -0.2) is 74.7 Å². The lowest BCUT2D eigenvalue weighted by Crippen LogP contribution is -2.46. The van der Waals surface area contributed by atoms with Gasteiger partial charge in [-0.05, 0) is 81.6 Å². The zero-order valence-electron chi connectivity index (χ0n) is 22.5. The molecule has 6 heteroatoms. The summed E-state index contributed by atoms with van der Waals surface area (Å²) < 4.78 is 6.02. The Morgan fingerprint density at radius 1 is 1.00 bits per heavy atom. The molecule has 36 heavy (non-hydrogen) atoms. The third-order valence-electron chi connectivity index (χ3n) is 7.81. The van der Waals surface area contributed by atoms with Crippen molar-refractivity contribution in [2.45, 2.75) is 58.5 Å². The third kappa shape index (κ3) is 7.23. The van der Waals surface area contributed by atoms with E-state index >= 15 is 0 Å². The van der Waals surface area contributed by atoms with E-state index in [0.717, 1.165) is 64.3 Å². The fourth-order valence-electron chi connectivity index (χ4n) is 5.39. The summed E-state index contributed by atoms with van der Waals surface area (Å²) in [6.07, 6.45) is 5.34. The van der Waals surface area contributed by atoms with Crippen molar-refractivity contribution in [2.75, 3.05) is 57.8 Å². The summed E-state index contributed by atoms with van der Waals surface area (Å²) in [5.41, 5.74) is 5.42. The fraction of sp³-hybridized carbons (Fsp3) is 0.567. The van der Waals surface area contributed by atoms with Gasteiger partial charge in [-0.15, -0.1) is 0 Å². The van der Waals surface area contributed by atoms with E-state index in [1.54, 1.807) is 0 Å². The third-order valence-corrected chi connectivity index (χ3v) is 7.81. The first kappa shape index (κ1) is 26.5. The molecule has 1 atom stereocenters. The predicted octanol–water partition coefficient (Wildman–Crippen LogP) is 4.39. The van der Waals surface area contributed by atoms with Crippen molar-refractivity contribution in [1.29, 1.82) is 0 Å². The molecule has 2 saturated heterocycles. The molecule has 2 aliphatic rings. The Morgan fingerprint density at radius 3 is 2.64 bits per heavy atom. The topological polar surface area (TPSA) is 48.1 Å². The number of hydrogen-bond acceptors (Lipinski definition) is 5. The summed E-state index contributed by atoms with van der Waals surface area (Å²) in [7, 11) is 2.07. The number of aryl methyl sites for hydroxylation is 1. The monoisotopic (exact) mass is 492 g/mol. The highest BCUT2D eigenvalue weighted by Crippen LogP contribution is 2.24. The van der Waals surface area contributed by atoms with Gasteiger partial charge in [-0.2, -0.15) is 0 Å². The maximum absolute atomic E-state index is 12.6. The van der Waals surface area contributed by atoms with Gasteiger partial charge in [-0.3, -0.25) is 14.6 Å². The number of rotatable bonds is 9. The van der Waals surface area contributed by atoms with Crippen LogP contribution in [0, 0.1) is 13.8 Å². The molecule has 0 radical (unpaired) electrons. The lowest BCUT2D eigenvalue weighted by molar-refractivity contribution is -0.126. The molecule has 0 saturated carbocycles. The second-order valence-electron chi connectivity index (χ2n) is 10.5. The highest BCUT2D eigenvalue weighted by Gasteiger charge is 2.24. The number of ether oxygens (including phenoxy) is 1. The molecule has 2 aromatic carbocycles. The van der Waals surface area contributed by atoms with Gasteiger partial charge in [-0.25, -0.2) is 0 Å². The minimum absolute atomic E-state index is 0.0211. The van der Waals surface area contributed by atoms with E-state index in [1.165, 1.54) is 35.2 Å². The molecule has 0 aliphatic carbocycles. The van der Waals surface area contributed by atoms with Crippen molar-refractivity contribution in [3.8, 4) is 5.75 Å². The number of hydrogen-bond donors (Lipinski definition) is 1. The molecule has 4 rings (SSSR count). The summed E-state index contributed by atoms with van der Waals surface area (Å²) in [6.45, 7) is 11.9. The Kier molecular flexibility index (Phi) is 9.65. The summed E-state index contributed by atoms with van der Waals surface area (Å²) in [5.74, 6) is 1.08. The van der Waals surface area contributed by atoms with Crippen LogP contribution in [0.5, 0.6) is 5.75 Å². The fourth-order valence-corrected chi connectivity index (χ4v) is 5.39. The van der Waals surface area contributed by atoms with E-state index in [1.807, 2.05) is 6.07 Å². The molecule has 1 unspecified atom stereocenters. The Labute approximate surface area is 217 Å². The first-order chi connectivity index (χ1) is 17.5. The maximum Gasteiger partial charge on any atom is 0.237 e. The van der Waals surface area contributed by atoms with Gasteiger partial charge < -0.3 is 15.0 Å². The molecule has 1 amide bonds. The van der Waals surface area contributed by atoms with Crippen LogP contribution in [0.1, 0.15) is 48.8 Å². The second kappa shape index (κ2) is 13.1. The maximum atomic E-state index is 12.6. The van der Waals surface area contributed by atoms with Crippen LogP contribution in [-0.2, 0) is 11.3 Å². The molecule has 0 spiro atoms. The average molecular weight is 493 g/mol. The molecule has 0 bridgehead atoms. The molecule has 1 N–H and O–H groups in total. The summed E-state index contributed by atoms with van der Waals surface area (Å²) in [6, 6.07) is 15.1. The van der Waals surface area contributed by atoms with Crippen LogP contribution >= 0.6 is 0 Å². The normalized spacial score (nSPS) is 19.6. The quantitative estimate of drug-likeness (QED) is 0.527. The molecule has 2 aromatic rings. The minimum Gasteiger partial charge on any atom is -0.494 e. The van der Waals surface area contributed by atoms with Crippen LogP contribution < -0.4 is 15.0 Å². The van der Waals surface area contributed by atoms with Crippen LogP contribution in [0.25, 0.3) is 0 Å². The number of nitrogens with one attached hydrogen (secondary N) is 1. The number of nitrogens with zero attached hydrogens (tertiary/aromatic N) is 3. The lowest BCUT2D eigenvalue weighted by atomic mass is 10.1. The van der Waals surface area contributed by atoms with Gasteiger partial charge in [0.05, 0.1) is 12.6 Å². The smallest absolute Gasteiger partial charge is 0.237 e. The number of likely N-dealkylation sites (N-methyl/N-ethyl adjacent to an activating group) is 1. The molecular formula is C30H44N4O2. The average Bonchev–Trinajstić information content (AvgIpc) is 3.10. The molecular weight excluding hydrogens is 448 g/mol. The summed E-state index contributed by atoms with van der Waals surface area (Å²) in [5, 5.41) is 3.11. The minimum atomic E-state index is 0.0211. The largest absolute Gasteiger partial charge is 0.494 e. The van der Waals surface area contributed by atoms with Crippen molar-refractivity contribution in [3.63, 3.8) is 0 Å². The van der Waals surface area contributed by atoms with E-state index < -0.39 is 0 Å². The Morgan fingerprint density at radius 2 is 1.81 bits per heavy atom. The Balaban J connectivity index is 1.17. The standard InChI is InChI=1S/C30H44N4O2/c1-24-10-7-14-28(25(24)2)34-19-17-33(18-20-34)23-26-11-8-12-27(22-26)36-21-9-15-31-30(35)29-13-5-4-6-16-32(29)3/h7-8,10-12,14,22,29H,4-6,9,13,15-21,23H2,1-3H3,(H,31,35). The number of carbonyl (C=O) groups is 1. The van der Waals surface area contributed by atoms with Gasteiger partial charge in [0.2, 0.25) is 5.91 Å². The van der Waals surface area contributed by atoms with Crippen LogP contribution in [0.3, 0.4) is 0 Å². The number of carbonyl (C=O) groups excluding carboxylic acids is 1. The number of likely N-dealkylation sites (tertiary alicyclic amines) is 1. The summed E-state index contributed by atoms with van der Waals surface area (Å²) in [4.78, 5) is 19.8. The van der Waals surface area contributed by atoms with Crippen molar-refractivity contribution < 1.29 is 9.53 Å². The number of piperazine rings is 1. The zero-order valence-corrected chi connectivity index (χ0v) is 22.5. The lowest BCUT2D eigenvalue weighted by Gasteiger charge is -2.37. The number of anilines is 1. The SMILES string of the molecule is Cc1cccc(N2CCN(Cc3cccc(OCCCNC(=O)C4CCCCCN4C)c3)CC2)c1C. The molecule has 196 valence electrons. The van der Waals surface area contributed by atoms with Crippen LogP contribution in [0.2, 0.25) is 0 Å². The van der Waals surface area contributed by atoms with Gasteiger partial charge in [0, 0.05) is 45.0 Å². The molecule has 2 aliphatic heterocycles. The molecule has 0 aromatic heterocycles. The number of amides is 1. The first-order valence-electron chi connectivity index (χ1n) is 13.7. The van der Waals surface area contributed by atoms with Crippen LogP contribution in [0.15, 0.2) is 42.5 Å². The van der Waals surface area contributed by atoms with Gasteiger partial charge in [0.25, 0.3) is 0 Å². The molecule has 2 fully saturated rings. The van der Waals surface area contributed by atoms with E-state index in [4.69, 9.17) is 4.74 Å². The molecule has 2 heterocycles. The van der Waals surface area contributed by atoms with E-state index in [9.17, 15) is 4.79 Å². The second-order valence-corrected chi connectivity index (χ2v) is 10.5. The van der Waals surface area contributed by atoms with Gasteiger partial charge >= 0.3 is 0 Å². The highest BCUT2D eigenvalue weighted by atomic mass is 16.5. The number of benzene rings is 2. The van der Waals surface area contributed by atoms with Crippen molar-refractivity contribution >= 4 is 11.6 Å². The summed E-state index contributed by atoms with van der Waals surface area (Å²) >= 11 is 0. The molecule has 6 nitrogen and oxygen atoms in total.